The number of methoxy groups -OCH3 is 1. The van der Waals surface area contributed by atoms with E-state index in [9.17, 15) is 9.90 Å². The van der Waals surface area contributed by atoms with Crippen LogP contribution in [0.5, 0.6) is 11.5 Å². The molecule has 6 heteroatoms. The molecule has 0 amide bonds. The molecule has 0 fully saturated rings. The Kier molecular flexibility index (Phi) is 4.35. The highest BCUT2D eigenvalue weighted by atomic mass is 16.5. The van der Waals surface area contributed by atoms with Crippen molar-refractivity contribution < 1.29 is 19.2 Å². The van der Waals surface area contributed by atoms with Crippen LogP contribution in [-0.2, 0) is 4.79 Å². The zero-order chi connectivity index (χ0) is 20.8. The number of ether oxygens (including phenoxy) is 1. The minimum atomic E-state index is -0.245. The number of carbonyl (C=O) groups excluding carboxylic acids is 1. The van der Waals surface area contributed by atoms with Gasteiger partial charge in [-0.1, -0.05) is 29.4 Å². The van der Waals surface area contributed by atoms with Gasteiger partial charge in [-0.15, -0.1) is 0 Å². The van der Waals surface area contributed by atoms with Gasteiger partial charge in [-0.3, -0.25) is 4.79 Å². The summed E-state index contributed by atoms with van der Waals surface area (Å²) in [7, 11) is 1.64. The summed E-state index contributed by atoms with van der Waals surface area (Å²) in [6.45, 7) is 1.90. The molecule has 0 bridgehead atoms. The fraction of sp³-hybridized carbons (Fsp3) is 0.250. The van der Waals surface area contributed by atoms with E-state index in [0.29, 0.717) is 18.7 Å². The number of ketones is 1. The highest BCUT2D eigenvalue weighted by Gasteiger charge is 2.41. The Morgan fingerprint density at radius 1 is 1.13 bits per heavy atom. The van der Waals surface area contributed by atoms with Crippen LogP contribution in [0.1, 0.15) is 47.1 Å². The lowest BCUT2D eigenvalue weighted by Gasteiger charge is -2.34. The van der Waals surface area contributed by atoms with E-state index in [1.807, 2.05) is 43.3 Å². The standard InChI is InChI=1S/C24H22N2O4/c1-13-21-22(15-4-3-5-18(10-15)29-2)23-19(25-24(21)30-26-13)11-16(12-20(23)28)14-6-8-17(27)9-7-14/h3-10,16,22,25,27H,11-12H2,1-2H3/t16-,22+/m0/s1. The maximum atomic E-state index is 13.4. The molecule has 3 aromatic rings. The number of aromatic nitrogens is 1. The summed E-state index contributed by atoms with van der Waals surface area (Å²) in [6, 6.07) is 14.9. The number of phenolic OH excluding ortho intramolecular Hbond substituents is 1. The number of fused-ring (bicyclic) bond motifs is 1. The lowest BCUT2D eigenvalue weighted by atomic mass is 9.72. The summed E-state index contributed by atoms with van der Waals surface area (Å²) in [5.74, 6) is 1.47. The first-order chi connectivity index (χ1) is 14.5. The van der Waals surface area contributed by atoms with Crippen LogP contribution in [0, 0.1) is 6.92 Å². The third-order valence-corrected chi connectivity index (χ3v) is 6.05. The van der Waals surface area contributed by atoms with Crippen LogP contribution in [-0.4, -0.2) is 23.2 Å². The number of carbonyl (C=O) groups is 1. The predicted molar refractivity (Wildman–Crippen MR) is 112 cm³/mol. The smallest absolute Gasteiger partial charge is 0.233 e. The quantitative estimate of drug-likeness (QED) is 0.663. The number of benzene rings is 2. The van der Waals surface area contributed by atoms with Crippen LogP contribution < -0.4 is 10.1 Å². The van der Waals surface area contributed by atoms with E-state index in [1.54, 1.807) is 19.2 Å². The van der Waals surface area contributed by atoms with Crippen molar-refractivity contribution >= 4 is 11.7 Å². The minimum absolute atomic E-state index is 0.0425. The Balaban J connectivity index is 1.61. The summed E-state index contributed by atoms with van der Waals surface area (Å²) in [6.07, 6.45) is 1.11. The molecule has 2 atom stereocenters. The second-order valence-corrected chi connectivity index (χ2v) is 7.86. The second kappa shape index (κ2) is 7.06. The molecule has 2 aliphatic rings. The average molecular weight is 402 g/mol. The van der Waals surface area contributed by atoms with E-state index in [1.165, 1.54) is 0 Å². The molecule has 0 saturated heterocycles. The molecule has 1 aliphatic carbocycles. The number of hydrogen-bond donors (Lipinski definition) is 2. The number of Topliss-reactive ketones (excluding diaryl/α,β-unsaturated/α-hetero) is 1. The van der Waals surface area contributed by atoms with Gasteiger partial charge >= 0.3 is 0 Å². The van der Waals surface area contributed by atoms with Crippen LogP contribution in [0.25, 0.3) is 0 Å². The van der Waals surface area contributed by atoms with E-state index >= 15 is 0 Å². The summed E-state index contributed by atoms with van der Waals surface area (Å²) < 4.78 is 11.0. The molecule has 0 saturated carbocycles. The summed E-state index contributed by atoms with van der Waals surface area (Å²) in [5.41, 5.74) is 5.33. The highest BCUT2D eigenvalue weighted by Crippen LogP contribution is 2.49. The second-order valence-electron chi connectivity index (χ2n) is 7.86. The Bertz CT molecular complexity index is 1160. The zero-order valence-electron chi connectivity index (χ0n) is 16.8. The number of allylic oxidation sites excluding steroid dienone is 2. The van der Waals surface area contributed by atoms with Gasteiger partial charge in [-0.2, -0.15) is 0 Å². The van der Waals surface area contributed by atoms with E-state index < -0.39 is 0 Å². The monoisotopic (exact) mass is 402 g/mol. The molecule has 2 heterocycles. The lowest BCUT2D eigenvalue weighted by Crippen LogP contribution is -2.29. The van der Waals surface area contributed by atoms with Crippen molar-refractivity contribution in [3.8, 4) is 11.5 Å². The third kappa shape index (κ3) is 2.96. The van der Waals surface area contributed by atoms with E-state index in [0.717, 1.165) is 39.4 Å². The largest absolute Gasteiger partial charge is 0.508 e. The van der Waals surface area contributed by atoms with Gasteiger partial charge in [0.15, 0.2) is 5.78 Å². The first-order valence-corrected chi connectivity index (χ1v) is 9.97. The van der Waals surface area contributed by atoms with Crippen molar-refractivity contribution in [2.75, 3.05) is 12.4 Å². The van der Waals surface area contributed by atoms with Crippen LogP contribution in [0.3, 0.4) is 0 Å². The molecule has 0 radical (unpaired) electrons. The fourth-order valence-electron chi connectivity index (χ4n) is 4.61. The van der Waals surface area contributed by atoms with E-state index in [4.69, 9.17) is 9.26 Å². The normalized spacial score (nSPS) is 20.4. The molecular formula is C24H22N2O4. The Morgan fingerprint density at radius 3 is 2.70 bits per heavy atom. The van der Waals surface area contributed by atoms with Crippen molar-refractivity contribution in [3.63, 3.8) is 0 Å². The topological polar surface area (TPSA) is 84.6 Å². The van der Waals surface area contributed by atoms with Gasteiger partial charge in [0.1, 0.15) is 11.5 Å². The minimum Gasteiger partial charge on any atom is -0.508 e. The van der Waals surface area contributed by atoms with Crippen molar-refractivity contribution in [2.24, 2.45) is 0 Å². The Labute approximate surface area is 174 Å². The molecule has 0 unspecified atom stereocenters. The average Bonchev–Trinajstić information content (AvgIpc) is 3.13. The number of anilines is 1. The van der Waals surface area contributed by atoms with E-state index in [2.05, 4.69) is 10.5 Å². The Morgan fingerprint density at radius 2 is 1.93 bits per heavy atom. The maximum Gasteiger partial charge on any atom is 0.233 e. The molecule has 1 aromatic heterocycles. The number of nitrogens with one attached hydrogen (secondary N) is 1. The third-order valence-electron chi connectivity index (χ3n) is 6.05. The van der Waals surface area contributed by atoms with Gasteiger partial charge in [0.25, 0.3) is 0 Å². The van der Waals surface area contributed by atoms with E-state index in [-0.39, 0.29) is 23.4 Å². The van der Waals surface area contributed by atoms with Crippen molar-refractivity contribution in [2.45, 2.75) is 31.6 Å². The van der Waals surface area contributed by atoms with Gasteiger partial charge in [0.05, 0.1) is 18.4 Å². The molecule has 152 valence electrons. The first-order valence-electron chi connectivity index (χ1n) is 9.97. The molecule has 0 spiro atoms. The molecule has 1 aliphatic heterocycles. The summed E-state index contributed by atoms with van der Waals surface area (Å²) in [4.78, 5) is 13.4. The molecule has 2 N–H and O–H groups in total. The van der Waals surface area contributed by atoms with Crippen molar-refractivity contribution in [1.82, 2.24) is 5.16 Å². The van der Waals surface area contributed by atoms with Gasteiger partial charge in [-0.25, -0.2) is 0 Å². The van der Waals surface area contributed by atoms with Crippen molar-refractivity contribution in [3.05, 3.63) is 82.2 Å². The molecule has 2 aromatic carbocycles. The summed E-state index contributed by atoms with van der Waals surface area (Å²) >= 11 is 0. The number of hydrogen-bond acceptors (Lipinski definition) is 6. The van der Waals surface area contributed by atoms with Crippen LogP contribution in [0.15, 0.2) is 64.3 Å². The van der Waals surface area contributed by atoms with Crippen LogP contribution in [0.2, 0.25) is 0 Å². The molecule has 5 rings (SSSR count). The SMILES string of the molecule is COc1cccc([C@H]2C3=C(C[C@H](c4ccc(O)cc4)CC3=O)Nc3onc(C)c32)c1. The molecular weight excluding hydrogens is 380 g/mol. The Hall–Kier alpha value is -3.54. The number of rotatable bonds is 3. The predicted octanol–water partition coefficient (Wildman–Crippen LogP) is 4.66. The highest BCUT2D eigenvalue weighted by molar-refractivity contribution is 6.01. The van der Waals surface area contributed by atoms with Crippen LogP contribution >= 0.6 is 0 Å². The number of aryl methyl sites for hydroxylation is 1. The zero-order valence-corrected chi connectivity index (χ0v) is 16.8. The number of nitrogens with zero attached hydrogens (tertiary/aromatic N) is 1. The van der Waals surface area contributed by atoms with Gasteiger partial charge in [0.2, 0.25) is 5.88 Å². The molecule has 30 heavy (non-hydrogen) atoms. The maximum absolute atomic E-state index is 13.4. The summed E-state index contributed by atoms with van der Waals surface area (Å²) in [5, 5.41) is 17.1. The first kappa shape index (κ1) is 18.5. The van der Waals surface area contributed by atoms with Gasteiger partial charge in [-0.05, 0) is 54.7 Å². The molecule has 6 nitrogen and oxygen atoms in total. The van der Waals surface area contributed by atoms with Gasteiger partial charge in [0, 0.05) is 23.6 Å². The van der Waals surface area contributed by atoms with Crippen LogP contribution in [0.4, 0.5) is 5.88 Å². The number of aromatic hydroxyl groups is 1. The number of phenols is 1. The fourth-order valence-corrected chi connectivity index (χ4v) is 4.61. The van der Waals surface area contributed by atoms with Crippen molar-refractivity contribution in [1.29, 1.82) is 0 Å². The lowest BCUT2D eigenvalue weighted by molar-refractivity contribution is -0.116. The van der Waals surface area contributed by atoms with Gasteiger partial charge < -0.3 is 19.7 Å².